The highest BCUT2D eigenvalue weighted by Gasteiger charge is 2.31. The van der Waals surface area contributed by atoms with Gasteiger partial charge in [0.25, 0.3) is 5.91 Å². The van der Waals surface area contributed by atoms with Crippen LogP contribution in [0, 0.1) is 18.3 Å². The average molecular weight is 389 g/mol. The van der Waals surface area contributed by atoms with Gasteiger partial charge in [-0.15, -0.1) is 0 Å². The van der Waals surface area contributed by atoms with E-state index in [1.165, 1.54) is 0 Å². The van der Waals surface area contributed by atoms with Crippen molar-refractivity contribution in [3.63, 3.8) is 0 Å². The molecule has 2 saturated heterocycles. The third-order valence-corrected chi connectivity index (χ3v) is 5.99. The summed E-state index contributed by atoms with van der Waals surface area (Å²) in [5.74, 6) is 1.14. The van der Waals surface area contributed by atoms with E-state index in [-0.39, 0.29) is 12.0 Å². The largest absolute Gasteiger partial charge is 0.368 e. The van der Waals surface area contributed by atoms with Crippen molar-refractivity contribution in [2.75, 3.05) is 37.7 Å². The van der Waals surface area contributed by atoms with Gasteiger partial charge in [-0.1, -0.05) is 12.1 Å². The summed E-state index contributed by atoms with van der Waals surface area (Å²) in [5.41, 5.74) is 4.09. The zero-order valence-electron chi connectivity index (χ0n) is 16.5. The van der Waals surface area contributed by atoms with E-state index in [4.69, 9.17) is 9.72 Å². The maximum absolute atomic E-state index is 12.7. The van der Waals surface area contributed by atoms with Gasteiger partial charge >= 0.3 is 0 Å². The smallest absolute Gasteiger partial charge is 0.251 e. The van der Waals surface area contributed by atoms with E-state index in [0.717, 1.165) is 48.3 Å². The van der Waals surface area contributed by atoms with Crippen LogP contribution in [0.4, 0.5) is 5.82 Å². The van der Waals surface area contributed by atoms with Gasteiger partial charge in [0.05, 0.1) is 16.6 Å². The monoisotopic (exact) mass is 389 g/mol. The number of para-hydroxylation sites is 2. The van der Waals surface area contributed by atoms with Crippen molar-refractivity contribution in [2.24, 2.45) is 0 Å². The summed E-state index contributed by atoms with van der Waals surface area (Å²) in [6, 6.07) is 12.3. The van der Waals surface area contributed by atoms with Crippen LogP contribution in [0.5, 0.6) is 0 Å². The van der Waals surface area contributed by atoms with Gasteiger partial charge in [-0.3, -0.25) is 9.20 Å². The first-order valence-corrected chi connectivity index (χ1v) is 10.1. The lowest BCUT2D eigenvalue weighted by atomic mass is 10.1. The summed E-state index contributed by atoms with van der Waals surface area (Å²) < 4.78 is 7.65. The van der Waals surface area contributed by atoms with Crippen LogP contribution >= 0.6 is 0 Å². The minimum Gasteiger partial charge on any atom is -0.368 e. The van der Waals surface area contributed by atoms with E-state index in [0.29, 0.717) is 30.9 Å². The van der Waals surface area contributed by atoms with Gasteiger partial charge in [0.15, 0.2) is 5.65 Å². The second-order valence-corrected chi connectivity index (χ2v) is 7.75. The highest BCUT2D eigenvalue weighted by molar-refractivity contribution is 5.85. The molecular weight excluding hydrogens is 366 g/mol. The molecule has 0 spiro atoms. The van der Waals surface area contributed by atoms with Gasteiger partial charge < -0.3 is 14.5 Å². The first kappa shape index (κ1) is 18.0. The van der Waals surface area contributed by atoms with Crippen molar-refractivity contribution in [2.45, 2.75) is 25.9 Å². The molecule has 0 bridgehead atoms. The van der Waals surface area contributed by atoms with E-state index in [9.17, 15) is 10.1 Å². The molecule has 3 aromatic rings. The number of hydrogen-bond donors (Lipinski definition) is 0. The number of anilines is 1. The number of benzene rings is 1. The lowest BCUT2D eigenvalue weighted by Gasteiger charge is -2.37. The van der Waals surface area contributed by atoms with E-state index in [1.807, 2.05) is 36.1 Å². The standard InChI is InChI=1S/C22H23N5O2/c1-15-13-20(25-8-10-26(11-9-25)22(28)19-7-4-12-29-19)27-18-6-3-2-5-17(18)24-21(27)16(15)14-23/h2-3,5-6,13,19H,4,7-12H2,1H3. The van der Waals surface area contributed by atoms with Gasteiger partial charge in [0.2, 0.25) is 0 Å². The minimum absolute atomic E-state index is 0.122. The molecule has 0 aliphatic carbocycles. The van der Waals surface area contributed by atoms with Crippen LogP contribution in [-0.4, -0.2) is 59.1 Å². The predicted octanol–water partition coefficient (Wildman–Crippen LogP) is 2.50. The maximum Gasteiger partial charge on any atom is 0.251 e. The van der Waals surface area contributed by atoms with Crippen molar-refractivity contribution in [1.82, 2.24) is 14.3 Å². The van der Waals surface area contributed by atoms with Crippen LogP contribution < -0.4 is 4.90 Å². The number of piperazine rings is 1. The maximum atomic E-state index is 12.7. The second kappa shape index (κ2) is 7.05. The van der Waals surface area contributed by atoms with Crippen molar-refractivity contribution in [3.8, 4) is 6.07 Å². The SMILES string of the molecule is Cc1cc(N2CCN(C(=O)C3CCCO3)CC2)n2c(nc3ccccc32)c1C#N. The summed E-state index contributed by atoms with van der Waals surface area (Å²) in [4.78, 5) is 21.6. The molecule has 2 aliphatic heterocycles. The number of carbonyl (C=O) groups is 1. The van der Waals surface area contributed by atoms with Crippen LogP contribution in [0.1, 0.15) is 24.0 Å². The Balaban J connectivity index is 1.49. The Morgan fingerprint density at radius 2 is 2.03 bits per heavy atom. The molecular formula is C22H23N5O2. The van der Waals surface area contributed by atoms with Gasteiger partial charge in [0.1, 0.15) is 18.0 Å². The van der Waals surface area contributed by atoms with Gasteiger partial charge in [0, 0.05) is 32.8 Å². The van der Waals surface area contributed by atoms with Crippen LogP contribution in [-0.2, 0) is 9.53 Å². The third-order valence-electron chi connectivity index (χ3n) is 5.99. The molecule has 2 aliphatic rings. The van der Waals surface area contributed by atoms with Crippen molar-refractivity contribution in [1.29, 1.82) is 5.26 Å². The molecule has 0 N–H and O–H groups in total. The topological polar surface area (TPSA) is 73.9 Å². The Morgan fingerprint density at radius 3 is 2.76 bits per heavy atom. The molecule has 7 nitrogen and oxygen atoms in total. The number of nitrogens with zero attached hydrogens (tertiary/aromatic N) is 5. The quantitative estimate of drug-likeness (QED) is 0.673. The Hall–Kier alpha value is -3.11. The summed E-state index contributed by atoms with van der Waals surface area (Å²) in [6.45, 7) is 5.47. The zero-order valence-corrected chi connectivity index (χ0v) is 16.5. The molecule has 0 radical (unpaired) electrons. The number of aryl methyl sites for hydroxylation is 1. The fourth-order valence-corrected chi connectivity index (χ4v) is 4.44. The minimum atomic E-state index is -0.261. The molecule has 7 heteroatoms. The first-order valence-electron chi connectivity index (χ1n) is 10.1. The zero-order chi connectivity index (χ0) is 20.0. The van der Waals surface area contributed by atoms with Crippen LogP contribution in [0.25, 0.3) is 16.7 Å². The number of pyridine rings is 1. The Morgan fingerprint density at radius 1 is 1.24 bits per heavy atom. The van der Waals surface area contributed by atoms with Crippen LogP contribution in [0.3, 0.4) is 0 Å². The molecule has 1 amide bonds. The van der Waals surface area contributed by atoms with E-state index in [1.54, 1.807) is 0 Å². The number of hydrogen-bond acceptors (Lipinski definition) is 5. The number of ether oxygens (including phenoxy) is 1. The van der Waals surface area contributed by atoms with Crippen molar-refractivity contribution in [3.05, 3.63) is 41.5 Å². The Labute approximate surface area is 169 Å². The molecule has 2 aromatic heterocycles. The van der Waals surface area contributed by atoms with Crippen molar-refractivity contribution >= 4 is 28.4 Å². The first-order chi connectivity index (χ1) is 14.2. The Kier molecular flexibility index (Phi) is 4.36. The summed E-state index contributed by atoms with van der Waals surface area (Å²) in [7, 11) is 0. The number of imidazole rings is 1. The van der Waals surface area contributed by atoms with Crippen molar-refractivity contribution < 1.29 is 9.53 Å². The van der Waals surface area contributed by atoms with Gasteiger partial charge in [-0.2, -0.15) is 5.26 Å². The average Bonchev–Trinajstić information content (AvgIpc) is 3.41. The number of rotatable bonds is 2. The highest BCUT2D eigenvalue weighted by atomic mass is 16.5. The number of fused-ring (bicyclic) bond motifs is 3. The van der Waals surface area contributed by atoms with Gasteiger partial charge in [-0.05, 0) is 43.5 Å². The van der Waals surface area contributed by atoms with Gasteiger partial charge in [-0.25, -0.2) is 4.98 Å². The molecule has 0 saturated carbocycles. The van der Waals surface area contributed by atoms with Crippen LogP contribution in [0.15, 0.2) is 30.3 Å². The molecule has 5 rings (SSSR count). The number of carbonyl (C=O) groups excluding carboxylic acids is 1. The number of aromatic nitrogens is 2. The highest BCUT2D eigenvalue weighted by Crippen LogP contribution is 2.29. The molecule has 148 valence electrons. The summed E-state index contributed by atoms with van der Waals surface area (Å²) in [6.07, 6.45) is 1.53. The van der Waals surface area contributed by atoms with E-state index in [2.05, 4.69) is 21.4 Å². The fourth-order valence-electron chi connectivity index (χ4n) is 4.44. The molecule has 1 aromatic carbocycles. The molecule has 1 atom stereocenters. The lowest BCUT2D eigenvalue weighted by Crippen LogP contribution is -2.51. The molecule has 2 fully saturated rings. The second-order valence-electron chi connectivity index (χ2n) is 7.75. The fraction of sp³-hybridized carbons (Fsp3) is 0.409. The lowest BCUT2D eigenvalue weighted by molar-refractivity contribution is -0.141. The van der Waals surface area contributed by atoms with E-state index < -0.39 is 0 Å². The number of amides is 1. The molecule has 1 unspecified atom stereocenters. The summed E-state index contributed by atoms with van der Waals surface area (Å²) in [5, 5.41) is 9.67. The predicted molar refractivity (Wildman–Crippen MR) is 110 cm³/mol. The third kappa shape index (κ3) is 2.91. The van der Waals surface area contributed by atoms with Crippen LogP contribution in [0.2, 0.25) is 0 Å². The number of nitriles is 1. The summed E-state index contributed by atoms with van der Waals surface area (Å²) >= 11 is 0. The van der Waals surface area contributed by atoms with E-state index >= 15 is 0 Å². The molecule has 29 heavy (non-hydrogen) atoms. The Bertz CT molecular complexity index is 1130. The molecule has 4 heterocycles. The normalized spacial score (nSPS) is 19.8.